The maximum absolute atomic E-state index is 13.5. The number of hydrogen-bond acceptors (Lipinski definition) is 6. The molecule has 3 amide bonds. The minimum absolute atomic E-state index is 0.132. The average Bonchev–Trinajstić information content (AvgIpc) is 3.44. The molecule has 3 aromatic rings. The number of aryl methyl sites for hydroxylation is 1. The predicted molar refractivity (Wildman–Crippen MR) is 127 cm³/mol. The van der Waals surface area contributed by atoms with Crippen molar-refractivity contribution < 1.29 is 36.3 Å². The van der Waals surface area contributed by atoms with Crippen LogP contribution in [0.3, 0.4) is 0 Å². The van der Waals surface area contributed by atoms with Gasteiger partial charge in [-0.3, -0.25) is 9.69 Å². The lowest BCUT2D eigenvalue weighted by Gasteiger charge is -2.25. The summed E-state index contributed by atoms with van der Waals surface area (Å²) in [5.74, 6) is 0.320. The average molecular weight is 521 g/mol. The van der Waals surface area contributed by atoms with E-state index < -0.39 is 28.9 Å². The molecule has 0 spiro atoms. The maximum Gasteiger partial charge on any atom is 0.417 e. The molecule has 1 aromatic carbocycles. The van der Waals surface area contributed by atoms with E-state index in [-0.39, 0.29) is 30.0 Å². The first-order valence-electron chi connectivity index (χ1n) is 11.9. The monoisotopic (exact) mass is 520 g/mol. The zero-order valence-electron chi connectivity index (χ0n) is 20.7. The third-order valence-corrected chi connectivity index (χ3v) is 6.66. The second kappa shape index (κ2) is 9.95. The number of alkyl halides is 3. The van der Waals surface area contributed by atoms with Gasteiger partial charge in [-0.05, 0) is 50.5 Å². The SMILES string of the molecule is CCCc1c(OCCCCN2C(=O)N(C)C(C)(c3ccco3)C2=O)ccc2c(C(F)(F)F)cc(=O)oc12. The van der Waals surface area contributed by atoms with Gasteiger partial charge in [-0.1, -0.05) is 13.3 Å². The molecule has 37 heavy (non-hydrogen) atoms. The summed E-state index contributed by atoms with van der Waals surface area (Å²) < 4.78 is 56.8. The highest BCUT2D eigenvalue weighted by Crippen LogP contribution is 2.38. The number of hydrogen-bond donors (Lipinski definition) is 0. The first kappa shape index (κ1) is 26.3. The zero-order valence-corrected chi connectivity index (χ0v) is 20.7. The van der Waals surface area contributed by atoms with Crippen LogP contribution in [-0.4, -0.2) is 41.9 Å². The molecule has 0 radical (unpaired) electrons. The molecular formula is C26H27F3N2O6. The summed E-state index contributed by atoms with van der Waals surface area (Å²) >= 11 is 0. The molecule has 1 unspecified atom stereocenters. The van der Waals surface area contributed by atoms with Gasteiger partial charge in [-0.15, -0.1) is 0 Å². The summed E-state index contributed by atoms with van der Waals surface area (Å²) in [4.78, 5) is 40.2. The van der Waals surface area contributed by atoms with Gasteiger partial charge in [0.15, 0.2) is 5.54 Å². The molecule has 0 saturated carbocycles. The first-order valence-corrected chi connectivity index (χ1v) is 11.9. The van der Waals surface area contributed by atoms with E-state index in [2.05, 4.69) is 0 Å². The van der Waals surface area contributed by atoms with Crippen LogP contribution in [0, 0.1) is 0 Å². The van der Waals surface area contributed by atoms with Gasteiger partial charge in [-0.25, -0.2) is 9.59 Å². The Kier molecular flexibility index (Phi) is 7.07. The van der Waals surface area contributed by atoms with Crippen molar-refractivity contribution in [2.75, 3.05) is 20.2 Å². The molecule has 3 heterocycles. The summed E-state index contributed by atoms with van der Waals surface area (Å²) in [6, 6.07) is 6.01. The Hall–Kier alpha value is -3.76. The van der Waals surface area contributed by atoms with Crippen LogP contribution < -0.4 is 10.4 Å². The molecule has 1 atom stereocenters. The van der Waals surface area contributed by atoms with Crippen LogP contribution in [0.25, 0.3) is 11.0 Å². The summed E-state index contributed by atoms with van der Waals surface area (Å²) in [5.41, 5.74) is -3.09. The number of carbonyl (C=O) groups is 2. The lowest BCUT2D eigenvalue weighted by molar-refractivity contribution is -0.136. The van der Waals surface area contributed by atoms with Crippen LogP contribution in [0.4, 0.5) is 18.0 Å². The van der Waals surface area contributed by atoms with E-state index in [1.54, 1.807) is 26.1 Å². The van der Waals surface area contributed by atoms with Crippen molar-refractivity contribution in [3.8, 4) is 5.75 Å². The number of carbonyl (C=O) groups excluding carboxylic acids is 2. The van der Waals surface area contributed by atoms with E-state index in [0.29, 0.717) is 48.8 Å². The molecular weight excluding hydrogens is 493 g/mol. The van der Waals surface area contributed by atoms with Gasteiger partial charge in [0.1, 0.15) is 17.1 Å². The van der Waals surface area contributed by atoms with Crippen molar-refractivity contribution in [3.63, 3.8) is 0 Å². The number of halogens is 3. The number of fused-ring (bicyclic) bond motifs is 1. The Labute approximate surface area is 210 Å². The number of urea groups is 1. The number of unbranched alkanes of at least 4 members (excludes halogenated alkanes) is 1. The highest BCUT2D eigenvalue weighted by Gasteiger charge is 2.55. The molecule has 8 nitrogen and oxygen atoms in total. The number of likely N-dealkylation sites (N-methyl/N-ethyl adjacent to an activating group) is 1. The largest absolute Gasteiger partial charge is 0.493 e. The fraction of sp³-hybridized carbons (Fsp3) is 0.423. The molecule has 0 N–H and O–H groups in total. The van der Waals surface area contributed by atoms with E-state index >= 15 is 0 Å². The highest BCUT2D eigenvalue weighted by atomic mass is 19.4. The minimum Gasteiger partial charge on any atom is -0.493 e. The second-order valence-corrected chi connectivity index (χ2v) is 9.05. The normalized spacial score (nSPS) is 18.3. The van der Waals surface area contributed by atoms with E-state index in [9.17, 15) is 27.6 Å². The van der Waals surface area contributed by atoms with E-state index in [4.69, 9.17) is 13.6 Å². The quantitative estimate of drug-likeness (QED) is 0.215. The molecule has 1 saturated heterocycles. The minimum atomic E-state index is -4.70. The third kappa shape index (κ3) is 4.70. The van der Waals surface area contributed by atoms with E-state index in [1.807, 2.05) is 6.92 Å². The fourth-order valence-corrected chi connectivity index (χ4v) is 4.56. The van der Waals surface area contributed by atoms with Crippen molar-refractivity contribution in [1.82, 2.24) is 9.80 Å². The zero-order chi connectivity index (χ0) is 27.0. The van der Waals surface area contributed by atoms with Crippen molar-refractivity contribution in [2.45, 2.75) is 51.2 Å². The van der Waals surface area contributed by atoms with Gasteiger partial charge >= 0.3 is 17.8 Å². The molecule has 1 fully saturated rings. The highest BCUT2D eigenvalue weighted by molar-refractivity contribution is 6.06. The summed E-state index contributed by atoms with van der Waals surface area (Å²) in [6.45, 7) is 3.84. The molecule has 1 aliphatic heterocycles. The van der Waals surface area contributed by atoms with Gasteiger partial charge in [0, 0.05) is 30.6 Å². The Morgan fingerprint density at radius 3 is 2.51 bits per heavy atom. The van der Waals surface area contributed by atoms with Crippen molar-refractivity contribution >= 4 is 22.9 Å². The van der Waals surface area contributed by atoms with Gasteiger partial charge < -0.3 is 18.5 Å². The van der Waals surface area contributed by atoms with Crippen LogP contribution in [0.5, 0.6) is 5.75 Å². The standard InChI is InChI=1S/C26H27F3N2O6/c1-4-8-17-19(11-10-16-18(26(27,28)29)15-21(32)37-22(16)17)35-13-6-5-12-31-23(33)25(2,30(3)24(31)34)20-9-7-14-36-20/h7,9-11,14-15H,4-6,8,12-13H2,1-3H3. The van der Waals surface area contributed by atoms with Crippen LogP contribution in [-0.2, 0) is 22.9 Å². The van der Waals surface area contributed by atoms with Gasteiger partial charge in [0.2, 0.25) is 0 Å². The number of imide groups is 1. The summed E-state index contributed by atoms with van der Waals surface area (Å²) in [5, 5.41) is -0.197. The lowest BCUT2D eigenvalue weighted by Crippen LogP contribution is -2.41. The second-order valence-electron chi connectivity index (χ2n) is 9.05. The van der Waals surface area contributed by atoms with Crippen LogP contribution in [0.1, 0.15) is 50.0 Å². The fourth-order valence-electron chi connectivity index (χ4n) is 4.56. The van der Waals surface area contributed by atoms with Gasteiger partial charge in [0.25, 0.3) is 5.91 Å². The number of nitrogens with zero attached hydrogens (tertiary/aromatic N) is 2. The Morgan fingerprint density at radius 1 is 1.11 bits per heavy atom. The van der Waals surface area contributed by atoms with Crippen LogP contribution in [0.15, 0.2) is 50.2 Å². The summed E-state index contributed by atoms with van der Waals surface area (Å²) in [6.07, 6.45) is -1.40. The van der Waals surface area contributed by atoms with E-state index in [0.717, 1.165) is 0 Å². The number of amides is 3. The molecule has 2 aromatic heterocycles. The number of furan rings is 1. The molecule has 198 valence electrons. The predicted octanol–water partition coefficient (Wildman–Crippen LogP) is 5.33. The summed E-state index contributed by atoms with van der Waals surface area (Å²) in [7, 11) is 1.55. The smallest absolute Gasteiger partial charge is 0.417 e. The van der Waals surface area contributed by atoms with Gasteiger partial charge in [0.05, 0.1) is 18.4 Å². The molecule has 4 rings (SSSR count). The number of ether oxygens (including phenoxy) is 1. The molecule has 0 bridgehead atoms. The van der Waals surface area contributed by atoms with E-state index in [1.165, 1.54) is 28.2 Å². The molecule has 0 aliphatic carbocycles. The Morgan fingerprint density at radius 2 is 1.86 bits per heavy atom. The van der Waals surface area contributed by atoms with Crippen molar-refractivity contribution in [3.05, 3.63) is 63.9 Å². The molecule has 1 aliphatic rings. The Balaban J connectivity index is 1.44. The lowest BCUT2D eigenvalue weighted by atomic mass is 9.97. The topological polar surface area (TPSA) is 93.2 Å². The third-order valence-electron chi connectivity index (χ3n) is 6.66. The van der Waals surface area contributed by atoms with Crippen LogP contribution >= 0.6 is 0 Å². The first-order chi connectivity index (χ1) is 17.5. The van der Waals surface area contributed by atoms with Gasteiger partial charge in [-0.2, -0.15) is 13.2 Å². The number of rotatable bonds is 9. The number of benzene rings is 1. The maximum atomic E-state index is 13.5. The van der Waals surface area contributed by atoms with Crippen LogP contribution in [0.2, 0.25) is 0 Å². The molecule has 11 heteroatoms. The Bertz CT molecular complexity index is 1370. The van der Waals surface area contributed by atoms with Crippen molar-refractivity contribution in [2.24, 2.45) is 0 Å². The van der Waals surface area contributed by atoms with Crippen molar-refractivity contribution in [1.29, 1.82) is 0 Å².